The molecule has 0 unspecified atom stereocenters. The van der Waals surface area contributed by atoms with Crippen molar-refractivity contribution in [2.24, 2.45) is 0 Å². The Morgan fingerprint density at radius 2 is 2.05 bits per heavy atom. The predicted molar refractivity (Wildman–Crippen MR) is 82.2 cm³/mol. The molecule has 0 bridgehead atoms. The number of para-hydroxylation sites is 2. The number of amides is 1. The largest absolute Gasteiger partial charge is 0.493 e. The molecule has 1 aromatic rings. The number of morpholine rings is 1. The normalized spacial score (nSPS) is 24.5. The summed E-state index contributed by atoms with van der Waals surface area (Å²) in [5.41, 5.74) is 0. The van der Waals surface area contributed by atoms with Gasteiger partial charge < -0.3 is 19.1 Å². The third-order valence-electron chi connectivity index (χ3n) is 4.47. The van der Waals surface area contributed by atoms with Gasteiger partial charge in [0.1, 0.15) is 0 Å². The molecule has 22 heavy (non-hydrogen) atoms. The highest BCUT2D eigenvalue weighted by atomic mass is 16.5. The molecule has 1 saturated heterocycles. The van der Waals surface area contributed by atoms with Crippen LogP contribution in [-0.4, -0.2) is 49.8 Å². The van der Waals surface area contributed by atoms with Gasteiger partial charge in [0.2, 0.25) is 0 Å². The van der Waals surface area contributed by atoms with Gasteiger partial charge in [-0.15, -0.1) is 0 Å². The second kappa shape index (κ2) is 7.01. The lowest BCUT2D eigenvalue weighted by Gasteiger charge is -2.43. The quantitative estimate of drug-likeness (QED) is 0.856. The van der Waals surface area contributed by atoms with Crippen LogP contribution >= 0.6 is 0 Å². The molecular weight excluding hydrogens is 282 g/mol. The SMILES string of the molecule is COc1ccccc1OCC(=O)N1CCO[C@H]2CCCC[C@@H]21. The fraction of sp³-hybridized carbons (Fsp3) is 0.588. The van der Waals surface area contributed by atoms with E-state index in [9.17, 15) is 4.79 Å². The van der Waals surface area contributed by atoms with E-state index in [2.05, 4.69) is 0 Å². The van der Waals surface area contributed by atoms with Gasteiger partial charge in [-0.1, -0.05) is 25.0 Å². The van der Waals surface area contributed by atoms with Crippen LogP contribution in [0.2, 0.25) is 0 Å². The summed E-state index contributed by atoms with van der Waals surface area (Å²) in [6.45, 7) is 1.33. The van der Waals surface area contributed by atoms with Crippen LogP contribution in [-0.2, 0) is 9.53 Å². The Balaban J connectivity index is 1.61. The number of hydrogen-bond donors (Lipinski definition) is 0. The number of fused-ring (bicyclic) bond motifs is 1. The maximum absolute atomic E-state index is 12.5. The van der Waals surface area contributed by atoms with E-state index >= 15 is 0 Å². The van der Waals surface area contributed by atoms with Crippen molar-refractivity contribution in [2.75, 3.05) is 26.9 Å². The molecule has 1 aromatic carbocycles. The number of methoxy groups -OCH3 is 1. The molecule has 1 aliphatic heterocycles. The van der Waals surface area contributed by atoms with Gasteiger partial charge in [-0.25, -0.2) is 0 Å². The molecule has 0 radical (unpaired) electrons. The summed E-state index contributed by atoms with van der Waals surface area (Å²) in [6.07, 6.45) is 4.66. The molecule has 2 fully saturated rings. The van der Waals surface area contributed by atoms with Crippen LogP contribution in [0.1, 0.15) is 25.7 Å². The minimum Gasteiger partial charge on any atom is -0.493 e. The zero-order valence-electron chi connectivity index (χ0n) is 13.0. The van der Waals surface area contributed by atoms with Gasteiger partial charge in [0.15, 0.2) is 18.1 Å². The molecule has 1 heterocycles. The maximum atomic E-state index is 12.5. The van der Waals surface area contributed by atoms with Gasteiger partial charge in [-0.2, -0.15) is 0 Å². The second-order valence-electron chi connectivity index (χ2n) is 5.79. The molecule has 2 atom stereocenters. The molecule has 5 nitrogen and oxygen atoms in total. The lowest BCUT2D eigenvalue weighted by Crippen LogP contribution is -2.55. The van der Waals surface area contributed by atoms with E-state index < -0.39 is 0 Å². The van der Waals surface area contributed by atoms with Crippen molar-refractivity contribution in [3.63, 3.8) is 0 Å². The van der Waals surface area contributed by atoms with Crippen LogP contribution in [0.4, 0.5) is 0 Å². The van der Waals surface area contributed by atoms with E-state index in [1.54, 1.807) is 7.11 Å². The van der Waals surface area contributed by atoms with E-state index in [4.69, 9.17) is 14.2 Å². The molecule has 2 aliphatic rings. The number of carbonyl (C=O) groups is 1. The summed E-state index contributed by atoms with van der Waals surface area (Å²) in [5.74, 6) is 1.28. The highest BCUT2D eigenvalue weighted by Crippen LogP contribution is 2.29. The number of rotatable bonds is 4. The van der Waals surface area contributed by atoms with E-state index in [1.165, 1.54) is 12.8 Å². The molecule has 0 N–H and O–H groups in total. The lowest BCUT2D eigenvalue weighted by atomic mass is 9.90. The molecule has 1 amide bonds. The Hall–Kier alpha value is -1.75. The van der Waals surface area contributed by atoms with E-state index in [-0.39, 0.29) is 24.7 Å². The summed E-state index contributed by atoms with van der Waals surface area (Å²) >= 11 is 0. The number of ether oxygens (including phenoxy) is 3. The highest BCUT2D eigenvalue weighted by molar-refractivity contribution is 5.78. The monoisotopic (exact) mass is 305 g/mol. The lowest BCUT2D eigenvalue weighted by molar-refractivity contribution is -0.151. The van der Waals surface area contributed by atoms with Crippen molar-refractivity contribution in [1.82, 2.24) is 4.90 Å². The van der Waals surface area contributed by atoms with Crippen molar-refractivity contribution in [1.29, 1.82) is 0 Å². The average Bonchev–Trinajstić information content (AvgIpc) is 2.59. The molecule has 0 spiro atoms. The fourth-order valence-electron chi connectivity index (χ4n) is 3.37. The van der Waals surface area contributed by atoms with E-state index in [0.29, 0.717) is 24.7 Å². The zero-order valence-corrected chi connectivity index (χ0v) is 13.0. The van der Waals surface area contributed by atoms with E-state index in [1.807, 2.05) is 29.2 Å². The molecule has 1 aliphatic carbocycles. The molecule has 0 aromatic heterocycles. The second-order valence-corrected chi connectivity index (χ2v) is 5.79. The minimum atomic E-state index is 0.0334. The van der Waals surface area contributed by atoms with Gasteiger partial charge in [0.25, 0.3) is 5.91 Å². The molecule has 1 saturated carbocycles. The summed E-state index contributed by atoms with van der Waals surface area (Å²) in [6, 6.07) is 7.60. The first-order valence-corrected chi connectivity index (χ1v) is 7.96. The van der Waals surface area contributed by atoms with Crippen molar-refractivity contribution >= 4 is 5.91 Å². The first kappa shape index (κ1) is 15.2. The van der Waals surface area contributed by atoms with Crippen LogP contribution in [0.3, 0.4) is 0 Å². The van der Waals surface area contributed by atoms with Gasteiger partial charge in [-0.3, -0.25) is 4.79 Å². The fourth-order valence-corrected chi connectivity index (χ4v) is 3.37. The standard InChI is InChI=1S/C17H23NO4/c1-20-15-8-4-5-9-16(15)22-12-17(19)18-10-11-21-14-7-3-2-6-13(14)18/h4-5,8-9,13-14H,2-3,6-7,10-12H2,1H3/t13-,14-/m0/s1. The third kappa shape index (κ3) is 3.19. The number of nitrogens with zero attached hydrogens (tertiary/aromatic N) is 1. The number of hydrogen-bond acceptors (Lipinski definition) is 4. The third-order valence-corrected chi connectivity index (χ3v) is 4.47. The molecular formula is C17H23NO4. The highest BCUT2D eigenvalue weighted by Gasteiger charge is 2.36. The maximum Gasteiger partial charge on any atom is 0.260 e. The zero-order chi connectivity index (χ0) is 15.4. The molecule has 5 heteroatoms. The molecule has 3 rings (SSSR count). The van der Waals surface area contributed by atoms with Gasteiger partial charge >= 0.3 is 0 Å². The van der Waals surface area contributed by atoms with Crippen molar-refractivity contribution in [3.8, 4) is 11.5 Å². The summed E-state index contributed by atoms with van der Waals surface area (Å²) < 4.78 is 16.7. The smallest absolute Gasteiger partial charge is 0.260 e. The summed E-state index contributed by atoms with van der Waals surface area (Å²) in [7, 11) is 1.60. The Labute approximate surface area is 131 Å². The van der Waals surface area contributed by atoms with Gasteiger partial charge in [0.05, 0.1) is 25.9 Å². The number of benzene rings is 1. The van der Waals surface area contributed by atoms with Crippen LogP contribution in [0.25, 0.3) is 0 Å². The molecule has 120 valence electrons. The Kier molecular flexibility index (Phi) is 4.83. The van der Waals surface area contributed by atoms with Crippen molar-refractivity contribution < 1.29 is 19.0 Å². The Morgan fingerprint density at radius 1 is 1.27 bits per heavy atom. The van der Waals surface area contributed by atoms with Crippen molar-refractivity contribution in [3.05, 3.63) is 24.3 Å². The topological polar surface area (TPSA) is 48.0 Å². The van der Waals surface area contributed by atoms with E-state index in [0.717, 1.165) is 12.8 Å². The minimum absolute atomic E-state index is 0.0334. The summed E-state index contributed by atoms with van der Waals surface area (Å²) in [4.78, 5) is 14.5. The van der Waals surface area contributed by atoms with Gasteiger partial charge in [0, 0.05) is 6.54 Å². The summed E-state index contributed by atoms with van der Waals surface area (Å²) in [5, 5.41) is 0. The van der Waals surface area contributed by atoms with Crippen molar-refractivity contribution in [2.45, 2.75) is 37.8 Å². The van der Waals surface area contributed by atoms with Crippen LogP contribution in [0.15, 0.2) is 24.3 Å². The van der Waals surface area contributed by atoms with Crippen LogP contribution < -0.4 is 9.47 Å². The average molecular weight is 305 g/mol. The Bertz CT molecular complexity index is 517. The first-order valence-electron chi connectivity index (χ1n) is 7.96. The van der Waals surface area contributed by atoms with Crippen LogP contribution in [0.5, 0.6) is 11.5 Å². The Morgan fingerprint density at radius 3 is 2.86 bits per heavy atom. The van der Waals surface area contributed by atoms with Crippen LogP contribution in [0, 0.1) is 0 Å². The van der Waals surface area contributed by atoms with Gasteiger partial charge in [-0.05, 0) is 25.0 Å². The number of carbonyl (C=O) groups excluding carboxylic acids is 1. The predicted octanol–water partition coefficient (Wildman–Crippen LogP) is 2.24. The first-order chi connectivity index (χ1) is 10.8.